The summed E-state index contributed by atoms with van der Waals surface area (Å²) in [4.78, 5) is 24.8. The van der Waals surface area contributed by atoms with Crippen LogP contribution in [0.4, 0.5) is 5.69 Å². The topological polar surface area (TPSA) is 61.4 Å². The van der Waals surface area contributed by atoms with Crippen LogP contribution in [0, 0.1) is 0 Å². The fourth-order valence-corrected chi connectivity index (χ4v) is 2.04. The molecule has 2 amide bonds. The summed E-state index contributed by atoms with van der Waals surface area (Å²) >= 11 is 0. The molecule has 19 heavy (non-hydrogen) atoms. The van der Waals surface area contributed by atoms with Gasteiger partial charge < -0.3 is 15.5 Å². The zero-order chi connectivity index (χ0) is 13.8. The first-order valence-electron chi connectivity index (χ1n) is 6.43. The summed E-state index contributed by atoms with van der Waals surface area (Å²) in [5, 5.41) is 6.01. The quantitative estimate of drug-likeness (QED) is 0.845. The van der Waals surface area contributed by atoms with E-state index in [-0.39, 0.29) is 11.8 Å². The summed E-state index contributed by atoms with van der Waals surface area (Å²) in [5.41, 5.74) is 2.92. The highest BCUT2D eigenvalue weighted by Gasteiger charge is 2.13. The van der Waals surface area contributed by atoms with Gasteiger partial charge in [0.2, 0.25) is 5.91 Å². The van der Waals surface area contributed by atoms with Crippen molar-refractivity contribution in [2.75, 3.05) is 32.5 Å². The van der Waals surface area contributed by atoms with E-state index in [9.17, 15) is 9.59 Å². The van der Waals surface area contributed by atoms with Gasteiger partial charge in [-0.15, -0.1) is 0 Å². The Kier molecular flexibility index (Phi) is 4.04. The molecule has 2 rings (SSSR count). The number of carbonyl (C=O) groups is 2. The number of rotatable bonds is 4. The van der Waals surface area contributed by atoms with E-state index in [0.29, 0.717) is 18.5 Å². The van der Waals surface area contributed by atoms with Gasteiger partial charge in [-0.2, -0.15) is 0 Å². The zero-order valence-corrected chi connectivity index (χ0v) is 11.3. The van der Waals surface area contributed by atoms with Crippen LogP contribution in [-0.4, -0.2) is 43.9 Å². The van der Waals surface area contributed by atoms with Crippen molar-refractivity contribution < 1.29 is 9.59 Å². The lowest BCUT2D eigenvalue weighted by Gasteiger charge is -2.11. The number of benzene rings is 1. The lowest BCUT2D eigenvalue weighted by molar-refractivity contribution is -0.128. The molecule has 0 radical (unpaired) electrons. The summed E-state index contributed by atoms with van der Waals surface area (Å²) in [6, 6.07) is 5.68. The number of nitrogens with one attached hydrogen (secondary N) is 2. The van der Waals surface area contributed by atoms with Crippen molar-refractivity contribution in [3.63, 3.8) is 0 Å². The molecule has 5 heteroatoms. The third-order valence-electron chi connectivity index (χ3n) is 3.21. The van der Waals surface area contributed by atoms with E-state index in [1.165, 1.54) is 10.5 Å². The molecular weight excluding hydrogens is 242 g/mol. The van der Waals surface area contributed by atoms with Crippen LogP contribution >= 0.6 is 0 Å². The monoisotopic (exact) mass is 261 g/mol. The largest absolute Gasteiger partial charge is 0.384 e. The molecule has 1 aromatic rings. The van der Waals surface area contributed by atoms with Crippen LogP contribution in [0.1, 0.15) is 22.3 Å². The predicted octanol–water partition coefficient (Wildman–Crippen LogP) is 0.863. The molecule has 0 bridgehead atoms. The molecule has 0 saturated carbocycles. The number of hydrogen-bond donors (Lipinski definition) is 2. The Morgan fingerprint density at radius 1 is 1.37 bits per heavy atom. The van der Waals surface area contributed by atoms with Crippen LogP contribution in [0.3, 0.4) is 0 Å². The maximum absolute atomic E-state index is 11.9. The molecule has 1 heterocycles. The van der Waals surface area contributed by atoms with Crippen LogP contribution in [0.25, 0.3) is 0 Å². The minimum Gasteiger partial charge on any atom is -0.384 e. The van der Waals surface area contributed by atoms with Gasteiger partial charge in [0.25, 0.3) is 5.91 Å². The van der Waals surface area contributed by atoms with Crippen molar-refractivity contribution in [2.45, 2.75) is 12.8 Å². The first kappa shape index (κ1) is 13.4. The highest BCUT2D eigenvalue weighted by atomic mass is 16.2. The van der Waals surface area contributed by atoms with Gasteiger partial charge in [-0.05, 0) is 24.1 Å². The van der Waals surface area contributed by atoms with Crippen LogP contribution in [-0.2, 0) is 11.2 Å². The molecule has 0 atom stereocenters. The number of amides is 2. The van der Waals surface area contributed by atoms with Crippen LogP contribution in [0.5, 0.6) is 0 Å². The highest BCUT2D eigenvalue weighted by molar-refractivity contribution is 5.95. The summed E-state index contributed by atoms with van der Waals surface area (Å²) in [7, 11) is 3.41. The molecule has 0 fully saturated rings. The van der Waals surface area contributed by atoms with E-state index in [4.69, 9.17) is 0 Å². The fraction of sp³-hybridized carbons (Fsp3) is 0.429. The molecule has 0 unspecified atom stereocenters. The van der Waals surface area contributed by atoms with E-state index in [0.717, 1.165) is 18.7 Å². The maximum atomic E-state index is 11.9. The van der Waals surface area contributed by atoms with Crippen molar-refractivity contribution in [2.24, 2.45) is 0 Å². The van der Waals surface area contributed by atoms with Gasteiger partial charge in [-0.1, -0.05) is 6.07 Å². The molecule has 1 aliphatic rings. The van der Waals surface area contributed by atoms with Crippen molar-refractivity contribution in [1.29, 1.82) is 0 Å². The Hall–Kier alpha value is -2.04. The highest BCUT2D eigenvalue weighted by Crippen LogP contribution is 2.23. The van der Waals surface area contributed by atoms with Gasteiger partial charge in [-0.3, -0.25) is 9.59 Å². The Balaban J connectivity index is 1.88. The summed E-state index contributed by atoms with van der Waals surface area (Å²) < 4.78 is 0. The minimum atomic E-state index is -0.136. The van der Waals surface area contributed by atoms with E-state index in [1.807, 2.05) is 18.2 Å². The van der Waals surface area contributed by atoms with Crippen molar-refractivity contribution in [3.8, 4) is 0 Å². The minimum absolute atomic E-state index is 0.0101. The van der Waals surface area contributed by atoms with Crippen molar-refractivity contribution >= 4 is 17.5 Å². The van der Waals surface area contributed by atoms with Crippen LogP contribution in [0.15, 0.2) is 18.2 Å². The first-order valence-corrected chi connectivity index (χ1v) is 6.43. The fourth-order valence-electron chi connectivity index (χ4n) is 2.04. The Labute approximate surface area is 113 Å². The molecule has 2 N–H and O–H groups in total. The lowest BCUT2D eigenvalue weighted by Crippen LogP contribution is -2.30. The second-order valence-electron chi connectivity index (χ2n) is 4.84. The van der Waals surface area contributed by atoms with Crippen LogP contribution < -0.4 is 10.6 Å². The smallest absolute Gasteiger partial charge is 0.251 e. The molecular formula is C14H19N3O2. The van der Waals surface area contributed by atoms with E-state index >= 15 is 0 Å². The van der Waals surface area contributed by atoms with E-state index < -0.39 is 0 Å². The zero-order valence-electron chi connectivity index (χ0n) is 11.3. The Bertz CT molecular complexity index is 497. The molecule has 102 valence electrons. The average Bonchev–Trinajstić information content (AvgIpc) is 2.85. The van der Waals surface area contributed by atoms with Crippen molar-refractivity contribution in [3.05, 3.63) is 29.3 Å². The average molecular weight is 261 g/mol. The predicted molar refractivity (Wildman–Crippen MR) is 74.3 cm³/mol. The van der Waals surface area contributed by atoms with Gasteiger partial charge in [-0.25, -0.2) is 0 Å². The van der Waals surface area contributed by atoms with Gasteiger partial charge in [0.15, 0.2) is 0 Å². The molecule has 0 aromatic heterocycles. The molecule has 5 nitrogen and oxygen atoms in total. The third-order valence-corrected chi connectivity index (χ3v) is 3.21. The van der Waals surface area contributed by atoms with Crippen LogP contribution in [0.2, 0.25) is 0 Å². The number of anilines is 1. The normalized spacial score (nSPS) is 12.5. The van der Waals surface area contributed by atoms with Gasteiger partial charge >= 0.3 is 0 Å². The molecule has 1 aromatic carbocycles. The van der Waals surface area contributed by atoms with Gasteiger partial charge in [0.05, 0.1) is 0 Å². The number of hydrogen-bond acceptors (Lipinski definition) is 3. The lowest BCUT2D eigenvalue weighted by atomic mass is 10.1. The first-order chi connectivity index (χ1) is 9.08. The van der Waals surface area contributed by atoms with Gasteiger partial charge in [0.1, 0.15) is 0 Å². The second kappa shape index (κ2) is 5.73. The molecule has 0 spiro atoms. The third kappa shape index (κ3) is 3.24. The molecule has 0 aliphatic carbocycles. The summed E-state index contributed by atoms with van der Waals surface area (Å²) in [6.45, 7) is 1.29. The maximum Gasteiger partial charge on any atom is 0.251 e. The summed E-state index contributed by atoms with van der Waals surface area (Å²) in [5.74, 6) is -0.126. The number of fused-ring (bicyclic) bond motifs is 1. The van der Waals surface area contributed by atoms with Crippen molar-refractivity contribution in [1.82, 2.24) is 10.2 Å². The van der Waals surface area contributed by atoms with E-state index in [2.05, 4.69) is 10.6 Å². The standard InChI is InChI=1S/C14H19N3O2/c1-17(2)13(18)6-8-16-14(19)11-4-3-10-5-7-15-12(10)9-11/h3-4,9,15H,5-8H2,1-2H3,(H,16,19). The molecule has 1 aliphatic heterocycles. The molecule has 0 saturated heterocycles. The number of nitrogens with zero attached hydrogens (tertiary/aromatic N) is 1. The second-order valence-corrected chi connectivity index (χ2v) is 4.84. The summed E-state index contributed by atoms with van der Waals surface area (Å²) in [6.07, 6.45) is 1.33. The number of carbonyl (C=O) groups excluding carboxylic acids is 2. The Morgan fingerprint density at radius 2 is 2.16 bits per heavy atom. The SMILES string of the molecule is CN(C)C(=O)CCNC(=O)c1ccc2c(c1)NCC2. The Morgan fingerprint density at radius 3 is 2.89 bits per heavy atom. The van der Waals surface area contributed by atoms with E-state index in [1.54, 1.807) is 14.1 Å². The van der Waals surface area contributed by atoms with Gasteiger partial charge in [0, 0.05) is 44.9 Å².